The van der Waals surface area contributed by atoms with Gasteiger partial charge in [0, 0.05) is 17.8 Å². The van der Waals surface area contributed by atoms with E-state index in [4.69, 9.17) is 4.52 Å². The number of rotatable bonds is 8. The minimum Gasteiger partial charge on any atom is -0.360 e. The third-order valence-electron chi connectivity index (χ3n) is 4.22. The van der Waals surface area contributed by atoms with Gasteiger partial charge in [-0.25, -0.2) is 17.5 Å². The number of amides is 1. The van der Waals surface area contributed by atoms with E-state index in [2.05, 4.69) is 21.8 Å². The Hall–Kier alpha value is -3.30. The summed E-state index contributed by atoms with van der Waals surface area (Å²) in [5.41, 5.74) is 2.14. The van der Waals surface area contributed by atoms with Gasteiger partial charge in [0.15, 0.2) is 0 Å². The van der Waals surface area contributed by atoms with Gasteiger partial charge in [0.1, 0.15) is 22.8 Å². The van der Waals surface area contributed by atoms with E-state index in [0.717, 1.165) is 0 Å². The summed E-state index contributed by atoms with van der Waals surface area (Å²) in [6.07, 6.45) is 1.46. The monoisotopic (exact) mass is 429 g/mol. The average molecular weight is 429 g/mol. The summed E-state index contributed by atoms with van der Waals surface area (Å²) >= 11 is 0. The quantitative estimate of drug-likeness (QED) is 0.533. The van der Waals surface area contributed by atoms with E-state index < -0.39 is 21.7 Å². The van der Waals surface area contributed by atoms with Crippen LogP contribution in [0.4, 0.5) is 10.1 Å². The van der Waals surface area contributed by atoms with Gasteiger partial charge in [0.2, 0.25) is 10.0 Å². The van der Waals surface area contributed by atoms with Crippen molar-refractivity contribution in [3.05, 3.63) is 83.9 Å². The van der Waals surface area contributed by atoms with Gasteiger partial charge in [0.25, 0.3) is 5.91 Å². The van der Waals surface area contributed by atoms with E-state index in [0.29, 0.717) is 28.3 Å². The molecule has 0 bridgehead atoms. The second-order valence-electron chi connectivity index (χ2n) is 6.52. The lowest BCUT2D eigenvalue weighted by atomic mass is 10.1. The van der Waals surface area contributed by atoms with Crippen molar-refractivity contribution >= 4 is 21.6 Å². The number of hydrogen-bond donors (Lipinski definition) is 2. The predicted octanol–water partition coefficient (Wildman–Crippen LogP) is 3.65. The van der Waals surface area contributed by atoms with Crippen molar-refractivity contribution in [3.63, 3.8) is 0 Å². The van der Waals surface area contributed by atoms with Gasteiger partial charge >= 0.3 is 0 Å². The molecule has 0 saturated heterocycles. The Bertz CT molecular complexity index is 1150. The summed E-state index contributed by atoms with van der Waals surface area (Å²) in [5, 5.41) is 6.66. The van der Waals surface area contributed by atoms with Gasteiger partial charge in [-0.15, -0.1) is 6.58 Å². The normalized spacial score (nSPS) is 11.3. The lowest BCUT2D eigenvalue weighted by molar-refractivity contribution is 0.102. The van der Waals surface area contributed by atoms with Crippen molar-refractivity contribution in [2.75, 3.05) is 11.9 Å². The summed E-state index contributed by atoms with van der Waals surface area (Å²) < 4.78 is 44.6. The molecule has 2 N–H and O–H groups in total. The van der Waals surface area contributed by atoms with Crippen LogP contribution in [0.25, 0.3) is 11.3 Å². The number of aromatic nitrogens is 1. The third-order valence-corrected chi connectivity index (χ3v) is 5.54. The molecule has 0 spiro atoms. The fraction of sp³-hybridized carbons (Fsp3) is 0.143. The van der Waals surface area contributed by atoms with Crippen LogP contribution in [-0.2, 0) is 15.8 Å². The molecule has 3 aromatic rings. The Kier molecular flexibility index (Phi) is 6.43. The number of anilines is 1. The number of halogens is 1. The maximum absolute atomic E-state index is 13.2. The molecule has 0 aliphatic heterocycles. The zero-order valence-corrected chi connectivity index (χ0v) is 17.0. The number of aryl methyl sites for hydroxylation is 1. The average Bonchev–Trinajstić information content (AvgIpc) is 3.10. The number of nitrogens with one attached hydrogen (secondary N) is 2. The highest BCUT2D eigenvalue weighted by Crippen LogP contribution is 2.26. The molecule has 9 heteroatoms. The molecular weight excluding hydrogens is 409 g/mol. The molecular formula is C21H20FN3O4S. The molecule has 3 rings (SSSR count). The second-order valence-corrected chi connectivity index (χ2v) is 8.32. The van der Waals surface area contributed by atoms with Gasteiger partial charge in [-0.3, -0.25) is 4.79 Å². The van der Waals surface area contributed by atoms with Crippen LogP contribution in [-0.4, -0.2) is 26.0 Å². The molecule has 1 heterocycles. The summed E-state index contributed by atoms with van der Waals surface area (Å²) in [6, 6.07) is 12.0. The first kappa shape index (κ1) is 21.4. The Balaban J connectivity index is 1.75. The van der Waals surface area contributed by atoms with Crippen molar-refractivity contribution in [2.24, 2.45) is 0 Å². The highest BCUT2D eigenvalue weighted by Gasteiger charge is 2.22. The summed E-state index contributed by atoms with van der Waals surface area (Å²) in [6.45, 7) is 5.24. The molecule has 0 aliphatic rings. The number of nitrogens with zero attached hydrogens (tertiary/aromatic N) is 1. The highest BCUT2D eigenvalue weighted by atomic mass is 32.2. The first-order chi connectivity index (χ1) is 14.3. The molecule has 0 unspecified atom stereocenters. The maximum Gasteiger partial charge on any atom is 0.261 e. The van der Waals surface area contributed by atoms with E-state index in [-0.39, 0.29) is 17.9 Å². The Morgan fingerprint density at radius 2 is 1.83 bits per heavy atom. The molecule has 0 atom stereocenters. The number of benzene rings is 2. The Morgan fingerprint density at radius 1 is 1.17 bits per heavy atom. The molecule has 7 nitrogen and oxygen atoms in total. The van der Waals surface area contributed by atoms with Gasteiger partial charge in [-0.05, 0) is 48.9 Å². The van der Waals surface area contributed by atoms with Gasteiger partial charge in [-0.2, -0.15) is 0 Å². The van der Waals surface area contributed by atoms with Crippen LogP contribution < -0.4 is 10.0 Å². The van der Waals surface area contributed by atoms with E-state index in [1.54, 1.807) is 31.2 Å². The van der Waals surface area contributed by atoms with Crippen LogP contribution >= 0.6 is 0 Å². The van der Waals surface area contributed by atoms with Crippen LogP contribution in [0.5, 0.6) is 0 Å². The van der Waals surface area contributed by atoms with Crippen molar-refractivity contribution in [1.29, 1.82) is 0 Å². The second kappa shape index (κ2) is 9.02. The first-order valence-corrected chi connectivity index (χ1v) is 10.6. The van der Waals surface area contributed by atoms with Gasteiger partial charge < -0.3 is 9.84 Å². The molecule has 1 aromatic heterocycles. The fourth-order valence-electron chi connectivity index (χ4n) is 2.78. The van der Waals surface area contributed by atoms with Crippen molar-refractivity contribution in [2.45, 2.75) is 12.7 Å². The van der Waals surface area contributed by atoms with Crippen molar-refractivity contribution in [1.82, 2.24) is 9.88 Å². The van der Waals surface area contributed by atoms with Gasteiger partial charge in [0.05, 0.1) is 5.75 Å². The third kappa shape index (κ3) is 5.19. The van der Waals surface area contributed by atoms with Crippen molar-refractivity contribution < 1.29 is 22.1 Å². The summed E-state index contributed by atoms with van der Waals surface area (Å²) in [4.78, 5) is 12.8. The molecule has 30 heavy (non-hydrogen) atoms. The fourth-order valence-corrected chi connectivity index (χ4v) is 3.88. The Morgan fingerprint density at radius 3 is 2.47 bits per heavy atom. The van der Waals surface area contributed by atoms with Crippen LogP contribution in [0.3, 0.4) is 0 Å². The summed E-state index contributed by atoms with van der Waals surface area (Å²) in [5.74, 6) is -0.704. The largest absolute Gasteiger partial charge is 0.360 e. The molecule has 2 aromatic carbocycles. The maximum atomic E-state index is 13.2. The van der Waals surface area contributed by atoms with Gasteiger partial charge in [-0.1, -0.05) is 23.4 Å². The number of sulfonamides is 1. The minimum atomic E-state index is -3.47. The zero-order chi connectivity index (χ0) is 21.7. The molecule has 156 valence electrons. The highest BCUT2D eigenvalue weighted by molar-refractivity contribution is 7.88. The van der Waals surface area contributed by atoms with Crippen LogP contribution in [0.2, 0.25) is 0 Å². The Labute approximate surface area is 173 Å². The van der Waals surface area contributed by atoms with Crippen molar-refractivity contribution in [3.8, 4) is 11.3 Å². The SMILES string of the molecule is C=CCNS(=O)(=O)Cc1ccc(NC(=O)c2c(-c3ccc(F)cc3)noc2C)cc1. The van der Waals surface area contributed by atoms with Crippen LogP contribution in [0, 0.1) is 12.7 Å². The first-order valence-electron chi connectivity index (χ1n) is 9.00. The zero-order valence-electron chi connectivity index (χ0n) is 16.2. The lowest BCUT2D eigenvalue weighted by Gasteiger charge is -2.08. The molecule has 0 aliphatic carbocycles. The smallest absolute Gasteiger partial charge is 0.261 e. The number of carbonyl (C=O) groups excluding carboxylic acids is 1. The predicted molar refractivity (Wildman–Crippen MR) is 112 cm³/mol. The standard InChI is InChI=1S/C21H20FN3O4S/c1-3-12-23-30(27,28)13-15-4-10-18(11-5-15)24-21(26)19-14(2)29-25-20(19)16-6-8-17(22)9-7-16/h3-11,23H,1,12-13H2,2H3,(H,24,26). The van der Waals surface area contributed by atoms with E-state index in [9.17, 15) is 17.6 Å². The summed E-state index contributed by atoms with van der Waals surface area (Å²) in [7, 11) is -3.47. The van der Waals surface area contributed by atoms with Crippen LogP contribution in [0.15, 0.2) is 65.7 Å². The lowest BCUT2D eigenvalue weighted by Crippen LogP contribution is -2.25. The molecule has 1 amide bonds. The van der Waals surface area contributed by atoms with Crippen LogP contribution in [0.1, 0.15) is 21.7 Å². The van der Waals surface area contributed by atoms with E-state index in [1.807, 2.05) is 0 Å². The van der Waals surface area contributed by atoms with E-state index in [1.165, 1.54) is 30.3 Å². The molecule has 0 radical (unpaired) electrons. The van der Waals surface area contributed by atoms with E-state index >= 15 is 0 Å². The molecule has 0 fully saturated rings. The number of hydrogen-bond acceptors (Lipinski definition) is 5. The molecule has 0 saturated carbocycles. The number of carbonyl (C=O) groups is 1. The topological polar surface area (TPSA) is 101 Å². The minimum absolute atomic E-state index is 0.158.